The van der Waals surface area contributed by atoms with Gasteiger partial charge in [0.15, 0.2) is 0 Å². The van der Waals surface area contributed by atoms with Gasteiger partial charge in [0.2, 0.25) is 5.91 Å². The molecule has 2 N–H and O–H groups in total. The number of primary amides is 1. The lowest BCUT2D eigenvalue weighted by molar-refractivity contribution is -0.137. The average molecular weight is 374 g/mol. The minimum absolute atomic E-state index is 0.103. The minimum Gasteiger partial charge on any atom is -0.366 e. The molecular weight excluding hydrogens is 360 g/mol. The van der Waals surface area contributed by atoms with E-state index in [1.54, 1.807) is 36.4 Å². The van der Waals surface area contributed by atoms with Crippen molar-refractivity contribution in [2.75, 3.05) is 0 Å². The number of alkyl halides is 3. The van der Waals surface area contributed by atoms with Gasteiger partial charge < -0.3 is 5.73 Å². The van der Waals surface area contributed by atoms with Gasteiger partial charge in [0.1, 0.15) is 5.82 Å². The van der Waals surface area contributed by atoms with Crippen LogP contribution < -0.4 is 5.73 Å². The van der Waals surface area contributed by atoms with E-state index in [1.807, 2.05) is 0 Å². The summed E-state index contributed by atoms with van der Waals surface area (Å²) < 4.78 is 52.2. The summed E-state index contributed by atoms with van der Waals surface area (Å²) in [4.78, 5) is 15.5. The number of amides is 1. The number of hydrogen-bond acceptors (Lipinski definition) is 2. The fourth-order valence-electron chi connectivity index (χ4n) is 2.73. The van der Waals surface area contributed by atoms with Crippen molar-refractivity contribution < 1.29 is 22.4 Å². The molecule has 3 aromatic rings. The number of carbonyl (C=O) groups is 1. The van der Waals surface area contributed by atoms with Crippen LogP contribution in [0.3, 0.4) is 0 Å². The Morgan fingerprint density at radius 2 is 1.78 bits per heavy atom. The van der Waals surface area contributed by atoms with Gasteiger partial charge in [0.05, 0.1) is 11.3 Å². The standard InChI is InChI=1S/C20H14F4N2O/c21-17-8-13(7-16(11-17)20(22,23)24)6-12-4-5-26-18(9-12)14-2-1-3-15(10-14)19(25)27/h1-5,7-11H,6H2,(H2,25,27). The van der Waals surface area contributed by atoms with E-state index >= 15 is 0 Å². The van der Waals surface area contributed by atoms with E-state index < -0.39 is 23.5 Å². The minimum atomic E-state index is -4.62. The van der Waals surface area contributed by atoms with E-state index in [4.69, 9.17) is 5.73 Å². The lowest BCUT2D eigenvalue weighted by Crippen LogP contribution is -2.10. The van der Waals surface area contributed by atoms with Gasteiger partial charge in [0, 0.05) is 17.3 Å². The van der Waals surface area contributed by atoms with Crippen molar-refractivity contribution in [2.24, 2.45) is 5.73 Å². The maximum absolute atomic E-state index is 13.6. The molecule has 0 saturated heterocycles. The number of rotatable bonds is 4. The molecule has 0 aliphatic carbocycles. The largest absolute Gasteiger partial charge is 0.416 e. The highest BCUT2D eigenvalue weighted by Gasteiger charge is 2.31. The second-order valence-corrected chi connectivity index (χ2v) is 6.02. The Labute approximate surface area is 152 Å². The second-order valence-electron chi connectivity index (χ2n) is 6.02. The molecule has 0 aliphatic heterocycles. The molecule has 0 bridgehead atoms. The first kappa shape index (κ1) is 18.6. The molecule has 1 amide bonds. The molecule has 0 fully saturated rings. The highest BCUT2D eigenvalue weighted by Crippen LogP contribution is 2.31. The third-order valence-electron chi connectivity index (χ3n) is 3.96. The quantitative estimate of drug-likeness (QED) is 0.679. The molecule has 27 heavy (non-hydrogen) atoms. The van der Waals surface area contributed by atoms with Gasteiger partial charge in [-0.1, -0.05) is 12.1 Å². The molecule has 138 valence electrons. The van der Waals surface area contributed by atoms with Gasteiger partial charge in [0.25, 0.3) is 0 Å². The van der Waals surface area contributed by atoms with Crippen molar-refractivity contribution in [3.8, 4) is 11.3 Å². The molecule has 1 aromatic heterocycles. The van der Waals surface area contributed by atoms with Crippen LogP contribution in [0.1, 0.15) is 27.0 Å². The molecule has 0 unspecified atom stereocenters. The molecule has 0 saturated carbocycles. The Bertz CT molecular complexity index is 999. The number of halogens is 4. The van der Waals surface area contributed by atoms with Crippen LogP contribution in [0.5, 0.6) is 0 Å². The van der Waals surface area contributed by atoms with E-state index in [-0.39, 0.29) is 12.0 Å². The zero-order valence-corrected chi connectivity index (χ0v) is 13.9. The summed E-state index contributed by atoms with van der Waals surface area (Å²) in [6.07, 6.45) is -3.01. The number of aromatic nitrogens is 1. The van der Waals surface area contributed by atoms with Crippen molar-refractivity contribution in [3.63, 3.8) is 0 Å². The Hall–Kier alpha value is -3.22. The van der Waals surface area contributed by atoms with Crippen molar-refractivity contribution in [1.29, 1.82) is 0 Å². The zero-order chi connectivity index (χ0) is 19.6. The molecular formula is C20H14F4N2O. The summed E-state index contributed by atoms with van der Waals surface area (Å²) >= 11 is 0. The van der Waals surface area contributed by atoms with Crippen LogP contribution >= 0.6 is 0 Å². The molecule has 0 spiro atoms. The van der Waals surface area contributed by atoms with Gasteiger partial charge in [-0.3, -0.25) is 9.78 Å². The zero-order valence-electron chi connectivity index (χ0n) is 13.9. The fraction of sp³-hybridized carbons (Fsp3) is 0.100. The van der Waals surface area contributed by atoms with Gasteiger partial charge in [-0.15, -0.1) is 0 Å². The molecule has 0 aliphatic rings. The summed E-state index contributed by atoms with van der Waals surface area (Å²) in [5.74, 6) is -1.52. The van der Waals surface area contributed by atoms with Crippen LogP contribution in [-0.2, 0) is 12.6 Å². The third kappa shape index (κ3) is 4.49. The van der Waals surface area contributed by atoms with Crippen LogP contribution in [0.2, 0.25) is 0 Å². The number of benzene rings is 2. The molecule has 3 rings (SSSR count). The normalized spacial score (nSPS) is 11.4. The lowest BCUT2D eigenvalue weighted by atomic mass is 10.0. The van der Waals surface area contributed by atoms with E-state index in [0.29, 0.717) is 28.5 Å². The SMILES string of the molecule is NC(=O)c1cccc(-c2cc(Cc3cc(F)cc(C(F)(F)F)c3)ccn2)c1. The molecule has 1 heterocycles. The van der Waals surface area contributed by atoms with E-state index in [2.05, 4.69) is 4.98 Å². The number of carbonyl (C=O) groups excluding carboxylic acids is 1. The maximum atomic E-state index is 13.6. The predicted octanol–water partition coefficient (Wildman–Crippen LogP) is 4.60. The van der Waals surface area contributed by atoms with Crippen LogP contribution in [-0.4, -0.2) is 10.9 Å². The monoisotopic (exact) mass is 374 g/mol. The summed E-state index contributed by atoms with van der Waals surface area (Å²) in [5.41, 5.74) is 6.59. The van der Waals surface area contributed by atoms with Crippen LogP contribution in [0.25, 0.3) is 11.3 Å². The topological polar surface area (TPSA) is 56.0 Å². The Balaban J connectivity index is 1.92. The van der Waals surface area contributed by atoms with E-state index in [1.165, 1.54) is 6.20 Å². The molecule has 3 nitrogen and oxygen atoms in total. The van der Waals surface area contributed by atoms with E-state index in [9.17, 15) is 22.4 Å². The Kier molecular flexibility index (Phi) is 4.94. The maximum Gasteiger partial charge on any atom is 0.416 e. The van der Waals surface area contributed by atoms with Gasteiger partial charge >= 0.3 is 6.18 Å². The number of hydrogen-bond donors (Lipinski definition) is 1. The number of nitrogens with two attached hydrogens (primary N) is 1. The smallest absolute Gasteiger partial charge is 0.366 e. The van der Waals surface area contributed by atoms with Crippen molar-refractivity contribution in [3.05, 3.63) is 88.9 Å². The van der Waals surface area contributed by atoms with Gasteiger partial charge in [-0.25, -0.2) is 4.39 Å². The summed E-state index contributed by atoms with van der Waals surface area (Å²) in [7, 11) is 0. The lowest BCUT2D eigenvalue weighted by Gasteiger charge is -2.10. The highest BCUT2D eigenvalue weighted by atomic mass is 19.4. The Morgan fingerprint density at radius 3 is 2.48 bits per heavy atom. The summed E-state index contributed by atoms with van der Waals surface area (Å²) in [6.45, 7) is 0. The van der Waals surface area contributed by atoms with Crippen molar-refractivity contribution in [2.45, 2.75) is 12.6 Å². The van der Waals surface area contributed by atoms with Crippen molar-refractivity contribution >= 4 is 5.91 Å². The molecule has 7 heteroatoms. The van der Waals surface area contributed by atoms with Gasteiger partial charge in [-0.2, -0.15) is 13.2 Å². The highest BCUT2D eigenvalue weighted by molar-refractivity contribution is 5.94. The average Bonchev–Trinajstić information content (AvgIpc) is 2.61. The molecule has 0 atom stereocenters. The number of pyridine rings is 1. The van der Waals surface area contributed by atoms with Crippen LogP contribution in [0, 0.1) is 5.82 Å². The Morgan fingerprint density at radius 1 is 1.00 bits per heavy atom. The van der Waals surface area contributed by atoms with E-state index in [0.717, 1.165) is 12.1 Å². The second kappa shape index (κ2) is 7.19. The third-order valence-corrected chi connectivity index (χ3v) is 3.96. The fourth-order valence-corrected chi connectivity index (χ4v) is 2.73. The number of nitrogens with zero attached hydrogens (tertiary/aromatic N) is 1. The first-order valence-corrected chi connectivity index (χ1v) is 7.94. The summed E-state index contributed by atoms with van der Waals surface area (Å²) in [5, 5.41) is 0. The summed E-state index contributed by atoms with van der Waals surface area (Å²) in [6, 6.07) is 12.3. The first-order valence-electron chi connectivity index (χ1n) is 7.94. The first-order chi connectivity index (χ1) is 12.7. The molecule has 0 radical (unpaired) electrons. The molecule has 2 aromatic carbocycles. The van der Waals surface area contributed by atoms with Crippen LogP contribution in [0.15, 0.2) is 60.8 Å². The van der Waals surface area contributed by atoms with Gasteiger partial charge in [-0.05, 0) is 60.0 Å². The predicted molar refractivity (Wildman–Crippen MR) is 92.4 cm³/mol. The van der Waals surface area contributed by atoms with Crippen molar-refractivity contribution in [1.82, 2.24) is 4.98 Å². The van der Waals surface area contributed by atoms with Crippen LogP contribution in [0.4, 0.5) is 17.6 Å².